The standard InChI is InChI=1S/C5H8O2.C2H4.2H3N/c6-4-2-1-3-5-7;1-2;;/h4-5H,1-3H2;1-2H2;2*1H3. The van der Waals surface area contributed by atoms with Crippen molar-refractivity contribution in [2.45, 2.75) is 19.3 Å². The largest absolute Gasteiger partial charge is 0.344 e. The molecule has 0 radical (unpaired) electrons. The zero-order valence-electron chi connectivity index (χ0n) is 6.92. The smallest absolute Gasteiger partial charge is 0.120 e. The van der Waals surface area contributed by atoms with Crippen LogP contribution >= 0.6 is 0 Å². The van der Waals surface area contributed by atoms with E-state index in [4.69, 9.17) is 0 Å². The molecule has 0 amide bonds. The van der Waals surface area contributed by atoms with Crippen molar-refractivity contribution in [2.75, 3.05) is 0 Å². The molecule has 4 heteroatoms. The van der Waals surface area contributed by atoms with E-state index in [2.05, 4.69) is 13.2 Å². The van der Waals surface area contributed by atoms with E-state index in [1.54, 1.807) is 0 Å². The van der Waals surface area contributed by atoms with Crippen LogP contribution in [0.3, 0.4) is 0 Å². The van der Waals surface area contributed by atoms with Gasteiger partial charge >= 0.3 is 0 Å². The van der Waals surface area contributed by atoms with Crippen LogP contribution in [0.1, 0.15) is 19.3 Å². The Morgan fingerprint density at radius 3 is 1.36 bits per heavy atom. The third-order valence-electron chi connectivity index (χ3n) is 0.644. The highest BCUT2D eigenvalue weighted by Crippen LogP contribution is 1.85. The molecule has 11 heavy (non-hydrogen) atoms. The lowest BCUT2D eigenvalue weighted by molar-refractivity contribution is -0.108. The zero-order valence-corrected chi connectivity index (χ0v) is 6.92. The quantitative estimate of drug-likeness (QED) is 0.372. The van der Waals surface area contributed by atoms with Crippen LogP contribution in [-0.4, -0.2) is 12.6 Å². The van der Waals surface area contributed by atoms with Gasteiger partial charge in [-0.3, -0.25) is 0 Å². The molecule has 0 heterocycles. The van der Waals surface area contributed by atoms with Crippen molar-refractivity contribution in [3.8, 4) is 0 Å². The van der Waals surface area contributed by atoms with Gasteiger partial charge in [-0.05, 0) is 6.42 Å². The second kappa shape index (κ2) is 36.0. The van der Waals surface area contributed by atoms with Crippen molar-refractivity contribution < 1.29 is 9.59 Å². The summed E-state index contributed by atoms with van der Waals surface area (Å²) >= 11 is 0. The van der Waals surface area contributed by atoms with Gasteiger partial charge in [0, 0.05) is 12.8 Å². The molecular formula is C7H18N2O2. The Morgan fingerprint density at radius 2 is 1.18 bits per heavy atom. The molecule has 0 atom stereocenters. The summed E-state index contributed by atoms with van der Waals surface area (Å²) in [5.74, 6) is 0. The molecule has 0 aliphatic carbocycles. The Kier molecular flexibility index (Phi) is 73.6. The molecule has 0 aliphatic rings. The van der Waals surface area contributed by atoms with Crippen molar-refractivity contribution in [3.63, 3.8) is 0 Å². The number of rotatable bonds is 4. The van der Waals surface area contributed by atoms with Crippen LogP contribution in [0.2, 0.25) is 0 Å². The summed E-state index contributed by atoms with van der Waals surface area (Å²) in [5.41, 5.74) is 0. The van der Waals surface area contributed by atoms with Gasteiger partial charge in [-0.25, -0.2) is 0 Å². The molecule has 0 spiro atoms. The fourth-order valence-corrected chi connectivity index (χ4v) is 0.285. The Balaban J connectivity index is -0.0000000564. The molecule has 0 aromatic carbocycles. The van der Waals surface area contributed by atoms with Crippen LogP contribution in [0.4, 0.5) is 0 Å². The van der Waals surface area contributed by atoms with E-state index in [9.17, 15) is 9.59 Å². The minimum absolute atomic E-state index is 0. The molecular weight excluding hydrogens is 144 g/mol. The van der Waals surface area contributed by atoms with Crippen molar-refractivity contribution in [1.29, 1.82) is 0 Å². The summed E-state index contributed by atoms with van der Waals surface area (Å²) in [6.45, 7) is 6.00. The number of unbranched alkanes of at least 4 members (excludes halogenated alkanes) is 2. The second-order valence-electron chi connectivity index (χ2n) is 1.26. The summed E-state index contributed by atoms with van der Waals surface area (Å²) in [7, 11) is 0. The number of carbonyl (C=O) groups excluding carboxylic acids is 2. The van der Waals surface area contributed by atoms with Crippen molar-refractivity contribution >= 4 is 12.6 Å². The molecule has 0 bridgehead atoms. The number of aldehydes is 2. The molecule has 68 valence electrons. The highest BCUT2D eigenvalue weighted by Gasteiger charge is 1.80. The minimum atomic E-state index is 0. The average molecular weight is 162 g/mol. The van der Waals surface area contributed by atoms with Gasteiger partial charge in [-0.1, -0.05) is 0 Å². The Morgan fingerprint density at radius 1 is 0.909 bits per heavy atom. The van der Waals surface area contributed by atoms with E-state index in [0.29, 0.717) is 19.3 Å². The van der Waals surface area contributed by atoms with Crippen molar-refractivity contribution in [1.82, 2.24) is 12.3 Å². The highest BCUT2D eigenvalue weighted by atomic mass is 16.1. The molecule has 0 saturated carbocycles. The lowest BCUT2D eigenvalue weighted by Crippen LogP contribution is -1.76. The van der Waals surface area contributed by atoms with E-state index >= 15 is 0 Å². The molecule has 0 aliphatic heterocycles. The van der Waals surface area contributed by atoms with Gasteiger partial charge in [0.2, 0.25) is 0 Å². The third kappa shape index (κ3) is 49.0. The van der Waals surface area contributed by atoms with Gasteiger partial charge in [0.25, 0.3) is 0 Å². The van der Waals surface area contributed by atoms with Crippen molar-refractivity contribution in [2.24, 2.45) is 0 Å². The number of hydrogen-bond acceptors (Lipinski definition) is 4. The van der Waals surface area contributed by atoms with Gasteiger partial charge in [0.15, 0.2) is 0 Å². The van der Waals surface area contributed by atoms with E-state index in [1.165, 1.54) is 0 Å². The predicted octanol–water partition coefficient (Wildman–Crippen LogP) is 1.68. The summed E-state index contributed by atoms with van der Waals surface area (Å²) in [5, 5.41) is 0. The van der Waals surface area contributed by atoms with Gasteiger partial charge in [0.1, 0.15) is 12.6 Å². The van der Waals surface area contributed by atoms with Crippen LogP contribution < -0.4 is 12.3 Å². The first-order chi connectivity index (χ1) is 4.41. The highest BCUT2D eigenvalue weighted by molar-refractivity contribution is 5.52. The fraction of sp³-hybridized carbons (Fsp3) is 0.429. The summed E-state index contributed by atoms with van der Waals surface area (Å²) in [6.07, 6.45) is 3.37. The maximum Gasteiger partial charge on any atom is 0.120 e. The van der Waals surface area contributed by atoms with Crippen LogP contribution in [-0.2, 0) is 9.59 Å². The normalized spacial score (nSPS) is 5.45. The molecule has 0 aromatic rings. The zero-order chi connectivity index (χ0) is 7.54. The van der Waals surface area contributed by atoms with Crippen LogP contribution in [0.15, 0.2) is 13.2 Å². The van der Waals surface area contributed by atoms with Gasteiger partial charge in [0.05, 0.1) is 0 Å². The van der Waals surface area contributed by atoms with E-state index in [-0.39, 0.29) is 12.3 Å². The molecule has 0 unspecified atom stereocenters. The first-order valence-corrected chi connectivity index (χ1v) is 2.79. The SMILES string of the molecule is C=C.N.N.O=CCCCC=O. The molecule has 0 aromatic heterocycles. The Bertz CT molecular complexity index is 68.8. The molecule has 0 saturated heterocycles. The molecule has 0 fully saturated rings. The van der Waals surface area contributed by atoms with Crippen molar-refractivity contribution in [3.05, 3.63) is 13.2 Å². The maximum atomic E-state index is 9.56. The lowest BCUT2D eigenvalue weighted by atomic mass is 10.3. The predicted molar refractivity (Wildman–Crippen MR) is 47.3 cm³/mol. The third-order valence-corrected chi connectivity index (χ3v) is 0.644. The summed E-state index contributed by atoms with van der Waals surface area (Å²) in [6, 6.07) is 0. The molecule has 6 N–H and O–H groups in total. The molecule has 0 rings (SSSR count). The van der Waals surface area contributed by atoms with E-state index < -0.39 is 0 Å². The first-order valence-electron chi connectivity index (χ1n) is 2.79. The van der Waals surface area contributed by atoms with E-state index in [1.807, 2.05) is 0 Å². The fourth-order valence-electron chi connectivity index (χ4n) is 0.285. The monoisotopic (exact) mass is 162 g/mol. The molecule has 4 nitrogen and oxygen atoms in total. The van der Waals surface area contributed by atoms with Gasteiger partial charge in [-0.2, -0.15) is 0 Å². The van der Waals surface area contributed by atoms with Crippen LogP contribution in [0, 0.1) is 0 Å². The minimum Gasteiger partial charge on any atom is -0.344 e. The Hall–Kier alpha value is -1.00. The number of carbonyl (C=O) groups is 2. The Labute approximate surface area is 67.8 Å². The van der Waals surface area contributed by atoms with Crippen LogP contribution in [0.5, 0.6) is 0 Å². The number of hydrogen-bond donors (Lipinski definition) is 2. The summed E-state index contributed by atoms with van der Waals surface area (Å²) in [4.78, 5) is 19.1. The van der Waals surface area contributed by atoms with Crippen LogP contribution in [0.25, 0.3) is 0 Å². The topological polar surface area (TPSA) is 104 Å². The summed E-state index contributed by atoms with van der Waals surface area (Å²) < 4.78 is 0. The second-order valence-corrected chi connectivity index (χ2v) is 1.26. The lowest BCUT2D eigenvalue weighted by Gasteiger charge is -1.78. The van der Waals surface area contributed by atoms with Gasteiger partial charge in [-0.15, -0.1) is 13.2 Å². The first kappa shape index (κ1) is 22.5. The maximum absolute atomic E-state index is 9.56. The average Bonchev–Trinajstić information content (AvgIpc) is 1.94. The van der Waals surface area contributed by atoms with E-state index in [0.717, 1.165) is 12.6 Å². The van der Waals surface area contributed by atoms with Gasteiger partial charge < -0.3 is 21.9 Å².